The lowest BCUT2D eigenvalue weighted by atomic mass is 9.82. The molecular formula is C26H32O2. The highest BCUT2D eigenvalue weighted by Gasteiger charge is 2.23. The summed E-state index contributed by atoms with van der Waals surface area (Å²) in [5, 5.41) is 0. The Morgan fingerprint density at radius 3 is 1.50 bits per heavy atom. The van der Waals surface area contributed by atoms with Gasteiger partial charge in [0.15, 0.2) is 0 Å². The molecule has 0 spiro atoms. The molecule has 0 aromatic heterocycles. The zero-order chi connectivity index (χ0) is 19.9. The first-order chi connectivity index (χ1) is 13.5. The maximum atomic E-state index is 6.05. The van der Waals surface area contributed by atoms with Crippen molar-refractivity contribution >= 4 is 11.1 Å². The van der Waals surface area contributed by atoms with Gasteiger partial charge in [-0.05, 0) is 80.3 Å². The van der Waals surface area contributed by atoms with Gasteiger partial charge >= 0.3 is 0 Å². The maximum Gasteiger partial charge on any atom is 0.119 e. The van der Waals surface area contributed by atoms with Crippen LogP contribution in [0.15, 0.2) is 61.7 Å². The molecule has 2 aromatic carbocycles. The monoisotopic (exact) mass is 376 g/mol. The van der Waals surface area contributed by atoms with E-state index < -0.39 is 0 Å². The summed E-state index contributed by atoms with van der Waals surface area (Å²) in [5.74, 6) is 3.10. The van der Waals surface area contributed by atoms with Crippen LogP contribution in [0, 0.1) is 11.8 Å². The standard InChI is InChI=1S/C26H32O2/c1-19(2)23-8-12-25(13-9-23)27-17-21-6-5-7-22(16-21)18-28-26-14-10-24(11-15-26)20(3)4/h8-15,21-22H,1,3,5-7,16-18H2,2,4H3. The molecule has 28 heavy (non-hydrogen) atoms. The fourth-order valence-electron chi connectivity index (χ4n) is 3.80. The molecule has 1 saturated carbocycles. The van der Waals surface area contributed by atoms with Crippen molar-refractivity contribution in [1.29, 1.82) is 0 Å². The Hall–Kier alpha value is -2.48. The molecule has 0 radical (unpaired) electrons. The molecular weight excluding hydrogens is 344 g/mol. The van der Waals surface area contributed by atoms with Gasteiger partial charge in [0.2, 0.25) is 0 Å². The molecule has 0 heterocycles. The minimum atomic E-state index is 0.606. The first kappa shape index (κ1) is 20.3. The lowest BCUT2D eigenvalue weighted by Gasteiger charge is -2.29. The van der Waals surface area contributed by atoms with Crippen molar-refractivity contribution in [2.45, 2.75) is 39.5 Å². The van der Waals surface area contributed by atoms with Crippen molar-refractivity contribution in [3.05, 3.63) is 72.8 Å². The molecule has 2 heteroatoms. The van der Waals surface area contributed by atoms with Crippen LogP contribution in [0.1, 0.15) is 50.7 Å². The second-order valence-electron chi connectivity index (χ2n) is 8.13. The smallest absolute Gasteiger partial charge is 0.119 e. The fourth-order valence-corrected chi connectivity index (χ4v) is 3.80. The van der Waals surface area contributed by atoms with Gasteiger partial charge in [0.25, 0.3) is 0 Å². The molecule has 1 aliphatic rings. The van der Waals surface area contributed by atoms with Gasteiger partial charge in [0, 0.05) is 0 Å². The molecule has 2 unspecified atom stereocenters. The Bertz CT molecular complexity index is 719. The summed E-state index contributed by atoms with van der Waals surface area (Å²) in [6, 6.07) is 16.5. The third kappa shape index (κ3) is 5.76. The largest absolute Gasteiger partial charge is 0.493 e. The van der Waals surface area contributed by atoms with Crippen LogP contribution < -0.4 is 9.47 Å². The summed E-state index contributed by atoms with van der Waals surface area (Å²) < 4.78 is 12.1. The van der Waals surface area contributed by atoms with E-state index in [1.54, 1.807) is 0 Å². The predicted molar refractivity (Wildman–Crippen MR) is 119 cm³/mol. The molecule has 0 bridgehead atoms. The van der Waals surface area contributed by atoms with Gasteiger partial charge in [0.05, 0.1) is 13.2 Å². The van der Waals surface area contributed by atoms with Gasteiger partial charge < -0.3 is 9.47 Å². The van der Waals surface area contributed by atoms with Crippen LogP contribution in [0.5, 0.6) is 11.5 Å². The van der Waals surface area contributed by atoms with Crippen LogP contribution in [0.3, 0.4) is 0 Å². The molecule has 1 fully saturated rings. The van der Waals surface area contributed by atoms with Gasteiger partial charge in [-0.2, -0.15) is 0 Å². The molecule has 2 aromatic rings. The summed E-state index contributed by atoms with van der Waals surface area (Å²) in [5.41, 5.74) is 4.49. The van der Waals surface area contributed by atoms with Crippen LogP contribution in [-0.4, -0.2) is 13.2 Å². The maximum absolute atomic E-state index is 6.05. The fraction of sp³-hybridized carbons (Fsp3) is 0.385. The van der Waals surface area contributed by atoms with E-state index in [4.69, 9.17) is 9.47 Å². The van der Waals surface area contributed by atoms with E-state index in [9.17, 15) is 0 Å². The van der Waals surface area contributed by atoms with Crippen LogP contribution in [-0.2, 0) is 0 Å². The number of ether oxygens (including phenoxy) is 2. The number of hydrogen-bond acceptors (Lipinski definition) is 2. The van der Waals surface area contributed by atoms with Crippen LogP contribution in [0.25, 0.3) is 11.1 Å². The zero-order valence-electron chi connectivity index (χ0n) is 17.2. The van der Waals surface area contributed by atoms with Crippen molar-refractivity contribution in [3.8, 4) is 11.5 Å². The second-order valence-corrected chi connectivity index (χ2v) is 8.13. The van der Waals surface area contributed by atoms with E-state index in [0.29, 0.717) is 11.8 Å². The highest BCUT2D eigenvalue weighted by atomic mass is 16.5. The Kier molecular flexibility index (Phi) is 6.97. The molecule has 2 atom stereocenters. The number of rotatable bonds is 8. The quantitative estimate of drug-likeness (QED) is 0.493. The van der Waals surface area contributed by atoms with E-state index in [1.807, 2.05) is 38.1 Å². The van der Waals surface area contributed by atoms with Crippen LogP contribution >= 0.6 is 0 Å². The molecule has 0 aliphatic heterocycles. The van der Waals surface area contributed by atoms with E-state index >= 15 is 0 Å². The lowest BCUT2D eigenvalue weighted by Crippen LogP contribution is -2.25. The Balaban J connectivity index is 1.44. The molecule has 3 rings (SSSR count). The minimum absolute atomic E-state index is 0.606. The SMILES string of the molecule is C=C(C)c1ccc(OCC2CCCC(COc3ccc(C(=C)C)cc3)C2)cc1. The third-order valence-electron chi connectivity index (χ3n) is 5.56. The first-order valence-corrected chi connectivity index (χ1v) is 10.3. The average Bonchev–Trinajstić information content (AvgIpc) is 2.71. The van der Waals surface area contributed by atoms with Crippen molar-refractivity contribution in [2.24, 2.45) is 11.8 Å². The normalized spacial score (nSPS) is 19.1. The Labute approximate surface area is 169 Å². The van der Waals surface area contributed by atoms with Crippen molar-refractivity contribution in [1.82, 2.24) is 0 Å². The number of hydrogen-bond donors (Lipinski definition) is 0. The van der Waals surface area contributed by atoms with Gasteiger partial charge in [-0.1, -0.05) is 55.0 Å². The molecule has 0 saturated heterocycles. The van der Waals surface area contributed by atoms with Crippen molar-refractivity contribution in [3.63, 3.8) is 0 Å². The van der Waals surface area contributed by atoms with Crippen molar-refractivity contribution < 1.29 is 9.47 Å². The minimum Gasteiger partial charge on any atom is -0.493 e. The number of benzene rings is 2. The van der Waals surface area contributed by atoms with Gasteiger partial charge in [-0.15, -0.1) is 0 Å². The lowest BCUT2D eigenvalue weighted by molar-refractivity contribution is 0.138. The summed E-state index contributed by atoms with van der Waals surface area (Å²) in [4.78, 5) is 0. The Morgan fingerprint density at radius 2 is 1.14 bits per heavy atom. The Morgan fingerprint density at radius 1 is 0.750 bits per heavy atom. The molecule has 2 nitrogen and oxygen atoms in total. The molecule has 148 valence electrons. The molecule has 0 N–H and O–H groups in total. The zero-order valence-corrected chi connectivity index (χ0v) is 17.2. The van der Waals surface area contributed by atoms with Gasteiger partial charge in [-0.3, -0.25) is 0 Å². The topological polar surface area (TPSA) is 18.5 Å². The summed E-state index contributed by atoms with van der Waals surface area (Å²) in [6.45, 7) is 13.6. The second kappa shape index (κ2) is 9.64. The van der Waals surface area contributed by atoms with E-state index in [-0.39, 0.29) is 0 Å². The molecule has 0 amide bonds. The predicted octanol–water partition coefficient (Wildman–Crippen LogP) is 7.02. The van der Waals surface area contributed by atoms with Gasteiger partial charge in [0.1, 0.15) is 11.5 Å². The molecule has 1 aliphatic carbocycles. The first-order valence-electron chi connectivity index (χ1n) is 10.3. The van der Waals surface area contributed by atoms with Crippen LogP contribution in [0.4, 0.5) is 0 Å². The van der Waals surface area contributed by atoms with Crippen molar-refractivity contribution in [2.75, 3.05) is 13.2 Å². The summed E-state index contributed by atoms with van der Waals surface area (Å²) >= 11 is 0. The van der Waals surface area contributed by atoms with Crippen LogP contribution in [0.2, 0.25) is 0 Å². The van der Waals surface area contributed by atoms with E-state index in [0.717, 1.165) is 35.9 Å². The third-order valence-corrected chi connectivity index (χ3v) is 5.56. The summed E-state index contributed by atoms with van der Waals surface area (Å²) in [6.07, 6.45) is 4.92. The summed E-state index contributed by atoms with van der Waals surface area (Å²) in [7, 11) is 0. The van der Waals surface area contributed by atoms with E-state index in [2.05, 4.69) is 37.4 Å². The highest BCUT2D eigenvalue weighted by molar-refractivity contribution is 5.62. The average molecular weight is 377 g/mol. The highest BCUT2D eigenvalue weighted by Crippen LogP contribution is 2.30. The number of allylic oxidation sites excluding steroid dienone is 2. The van der Waals surface area contributed by atoms with E-state index in [1.165, 1.54) is 36.8 Å². The van der Waals surface area contributed by atoms with Gasteiger partial charge in [-0.25, -0.2) is 0 Å².